The monoisotopic (exact) mass is 264 g/mol. The fourth-order valence-electron chi connectivity index (χ4n) is 1.85. The van der Waals surface area contributed by atoms with Crippen LogP contribution in [0.5, 0.6) is 0 Å². The average molecular weight is 264 g/mol. The standard InChI is InChI=1S/C15H24N2O2/c1-13(2)16-15(18)12-17(9-10-19-3)11-14-7-5-4-6-8-14/h4-8,13H,9-12H2,1-3H3,(H,16,18). The third-order valence-corrected chi connectivity index (χ3v) is 2.68. The van der Waals surface area contributed by atoms with Crippen molar-refractivity contribution in [1.29, 1.82) is 0 Å². The molecule has 0 saturated carbocycles. The fourth-order valence-corrected chi connectivity index (χ4v) is 1.85. The first-order chi connectivity index (χ1) is 9.11. The number of hydrogen-bond donors (Lipinski definition) is 1. The number of nitrogens with one attached hydrogen (secondary N) is 1. The molecular formula is C15H24N2O2. The van der Waals surface area contributed by atoms with Crippen LogP contribution in [-0.2, 0) is 16.1 Å². The Morgan fingerprint density at radius 3 is 2.58 bits per heavy atom. The molecule has 0 fully saturated rings. The molecule has 106 valence electrons. The SMILES string of the molecule is COCCN(CC(=O)NC(C)C)Cc1ccccc1. The van der Waals surface area contributed by atoms with Crippen molar-refractivity contribution in [2.24, 2.45) is 0 Å². The largest absolute Gasteiger partial charge is 0.383 e. The van der Waals surface area contributed by atoms with Crippen LogP contribution in [0.25, 0.3) is 0 Å². The molecule has 0 aliphatic carbocycles. The molecule has 1 rings (SSSR count). The van der Waals surface area contributed by atoms with Gasteiger partial charge in [-0.05, 0) is 19.4 Å². The van der Waals surface area contributed by atoms with Gasteiger partial charge in [0.2, 0.25) is 5.91 Å². The summed E-state index contributed by atoms with van der Waals surface area (Å²) in [6.07, 6.45) is 0. The highest BCUT2D eigenvalue weighted by atomic mass is 16.5. The second-order valence-electron chi connectivity index (χ2n) is 4.91. The summed E-state index contributed by atoms with van der Waals surface area (Å²) in [7, 11) is 1.68. The Kier molecular flexibility index (Phi) is 7.15. The molecule has 4 heteroatoms. The first-order valence-electron chi connectivity index (χ1n) is 6.66. The van der Waals surface area contributed by atoms with Crippen LogP contribution in [0.1, 0.15) is 19.4 Å². The smallest absolute Gasteiger partial charge is 0.234 e. The van der Waals surface area contributed by atoms with Gasteiger partial charge in [0.15, 0.2) is 0 Å². The Balaban J connectivity index is 2.53. The summed E-state index contributed by atoms with van der Waals surface area (Å²) < 4.78 is 5.10. The van der Waals surface area contributed by atoms with Crippen LogP contribution in [-0.4, -0.2) is 43.7 Å². The van der Waals surface area contributed by atoms with Crippen LogP contribution in [0.15, 0.2) is 30.3 Å². The van der Waals surface area contributed by atoms with E-state index >= 15 is 0 Å². The molecule has 0 unspecified atom stereocenters. The Morgan fingerprint density at radius 1 is 1.32 bits per heavy atom. The molecule has 4 nitrogen and oxygen atoms in total. The van der Waals surface area contributed by atoms with Crippen molar-refractivity contribution in [2.75, 3.05) is 26.8 Å². The number of carbonyl (C=O) groups is 1. The lowest BCUT2D eigenvalue weighted by atomic mass is 10.2. The topological polar surface area (TPSA) is 41.6 Å². The van der Waals surface area contributed by atoms with Crippen LogP contribution in [0.4, 0.5) is 0 Å². The molecule has 0 aliphatic rings. The third-order valence-electron chi connectivity index (χ3n) is 2.68. The summed E-state index contributed by atoms with van der Waals surface area (Å²) >= 11 is 0. The van der Waals surface area contributed by atoms with Crippen LogP contribution in [0, 0.1) is 0 Å². The minimum absolute atomic E-state index is 0.0574. The highest BCUT2D eigenvalue weighted by molar-refractivity contribution is 5.78. The summed E-state index contributed by atoms with van der Waals surface area (Å²) in [5.41, 5.74) is 1.20. The van der Waals surface area contributed by atoms with E-state index in [9.17, 15) is 4.79 Å². The van der Waals surface area contributed by atoms with E-state index in [4.69, 9.17) is 4.74 Å². The van der Waals surface area contributed by atoms with E-state index in [-0.39, 0.29) is 11.9 Å². The van der Waals surface area contributed by atoms with Crippen molar-refractivity contribution in [3.05, 3.63) is 35.9 Å². The average Bonchev–Trinajstić information content (AvgIpc) is 2.36. The van der Waals surface area contributed by atoms with Crippen molar-refractivity contribution in [3.63, 3.8) is 0 Å². The highest BCUT2D eigenvalue weighted by Gasteiger charge is 2.11. The summed E-state index contributed by atoms with van der Waals surface area (Å²) in [6.45, 7) is 6.47. The zero-order valence-corrected chi connectivity index (χ0v) is 12.1. The molecule has 0 heterocycles. The van der Waals surface area contributed by atoms with Crippen molar-refractivity contribution >= 4 is 5.91 Å². The number of rotatable bonds is 8. The van der Waals surface area contributed by atoms with E-state index in [1.54, 1.807) is 7.11 Å². The van der Waals surface area contributed by atoms with Crippen LogP contribution >= 0.6 is 0 Å². The molecule has 0 spiro atoms. The van der Waals surface area contributed by atoms with Crippen LogP contribution < -0.4 is 5.32 Å². The predicted molar refractivity (Wildman–Crippen MR) is 76.9 cm³/mol. The quantitative estimate of drug-likeness (QED) is 0.776. The van der Waals surface area contributed by atoms with Gasteiger partial charge in [0.05, 0.1) is 13.2 Å². The van der Waals surface area contributed by atoms with E-state index in [0.29, 0.717) is 13.2 Å². The van der Waals surface area contributed by atoms with E-state index < -0.39 is 0 Å². The molecule has 0 saturated heterocycles. The van der Waals surface area contributed by atoms with E-state index in [0.717, 1.165) is 13.1 Å². The summed E-state index contributed by atoms with van der Waals surface area (Å²) in [4.78, 5) is 13.9. The van der Waals surface area contributed by atoms with Crippen molar-refractivity contribution < 1.29 is 9.53 Å². The number of nitrogens with zero attached hydrogens (tertiary/aromatic N) is 1. The molecule has 1 aromatic carbocycles. The van der Waals surface area contributed by atoms with E-state index in [2.05, 4.69) is 22.3 Å². The van der Waals surface area contributed by atoms with Gasteiger partial charge in [0.25, 0.3) is 0 Å². The van der Waals surface area contributed by atoms with Crippen molar-refractivity contribution in [2.45, 2.75) is 26.4 Å². The zero-order chi connectivity index (χ0) is 14.1. The Hall–Kier alpha value is -1.39. The van der Waals surface area contributed by atoms with E-state index in [1.165, 1.54) is 5.56 Å². The number of amides is 1. The molecule has 1 amide bonds. The fraction of sp³-hybridized carbons (Fsp3) is 0.533. The minimum atomic E-state index is 0.0574. The Morgan fingerprint density at radius 2 is 2.00 bits per heavy atom. The number of methoxy groups -OCH3 is 1. The van der Waals surface area contributed by atoms with Gasteiger partial charge in [-0.15, -0.1) is 0 Å². The Bertz CT molecular complexity index is 366. The zero-order valence-electron chi connectivity index (χ0n) is 12.1. The molecule has 0 aromatic heterocycles. The molecule has 0 radical (unpaired) electrons. The maximum atomic E-state index is 11.8. The van der Waals surface area contributed by atoms with Gasteiger partial charge in [0, 0.05) is 26.2 Å². The first kappa shape index (κ1) is 15.7. The molecule has 1 aromatic rings. The second-order valence-corrected chi connectivity index (χ2v) is 4.91. The normalized spacial score (nSPS) is 11.0. The van der Waals surface area contributed by atoms with Crippen molar-refractivity contribution in [3.8, 4) is 0 Å². The molecule has 0 atom stereocenters. The predicted octanol–water partition coefficient (Wildman–Crippen LogP) is 1.66. The van der Waals surface area contributed by atoms with E-state index in [1.807, 2.05) is 32.0 Å². The second kappa shape index (κ2) is 8.67. The molecule has 19 heavy (non-hydrogen) atoms. The number of benzene rings is 1. The number of ether oxygens (including phenoxy) is 1. The minimum Gasteiger partial charge on any atom is -0.383 e. The summed E-state index contributed by atoms with van der Waals surface area (Å²) in [6, 6.07) is 10.3. The van der Waals surface area contributed by atoms with Gasteiger partial charge in [-0.3, -0.25) is 9.69 Å². The van der Waals surface area contributed by atoms with Gasteiger partial charge in [0.1, 0.15) is 0 Å². The van der Waals surface area contributed by atoms with Gasteiger partial charge in [-0.2, -0.15) is 0 Å². The Labute approximate surface area is 115 Å². The molecule has 0 bridgehead atoms. The van der Waals surface area contributed by atoms with Gasteiger partial charge in [-0.25, -0.2) is 0 Å². The maximum absolute atomic E-state index is 11.8. The lowest BCUT2D eigenvalue weighted by molar-refractivity contribution is -0.123. The number of carbonyl (C=O) groups excluding carboxylic acids is 1. The molecular weight excluding hydrogens is 240 g/mol. The molecule has 0 aliphatic heterocycles. The van der Waals surface area contributed by atoms with Gasteiger partial charge >= 0.3 is 0 Å². The summed E-state index contributed by atoms with van der Waals surface area (Å²) in [5.74, 6) is 0.0574. The molecule has 1 N–H and O–H groups in total. The lowest BCUT2D eigenvalue weighted by Crippen LogP contribution is -2.40. The highest BCUT2D eigenvalue weighted by Crippen LogP contribution is 2.04. The third kappa shape index (κ3) is 6.94. The van der Waals surface area contributed by atoms with Crippen LogP contribution in [0.3, 0.4) is 0 Å². The summed E-state index contributed by atoms with van der Waals surface area (Å²) in [5, 5.41) is 2.91. The maximum Gasteiger partial charge on any atom is 0.234 e. The van der Waals surface area contributed by atoms with Gasteiger partial charge < -0.3 is 10.1 Å². The first-order valence-corrected chi connectivity index (χ1v) is 6.66. The van der Waals surface area contributed by atoms with Crippen molar-refractivity contribution in [1.82, 2.24) is 10.2 Å². The van der Waals surface area contributed by atoms with Gasteiger partial charge in [-0.1, -0.05) is 30.3 Å². The van der Waals surface area contributed by atoms with Crippen LogP contribution in [0.2, 0.25) is 0 Å². The number of hydrogen-bond acceptors (Lipinski definition) is 3. The lowest BCUT2D eigenvalue weighted by Gasteiger charge is -2.22.